The van der Waals surface area contributed by atoms with Crippen molar-refractivity contribution >= 4 is 5.97 Å². The van der Waals surface area contributed by atoms with Gasteiger partial charge >= 0.3 is 5.97 Å². The standard InChI is InChI=1S/C8H10O2/c1-3-7(4-2)5-6-8(9)10/h3-5H,1-2,6H2,(H,9,10). The van der Waals surface area contributed by atoms with Crippen molar-refractivity contribution in [2.24, 2.45) is 0 Å². The summed E-state index contributed by atoms with van der Waals surface area (Å²) in [6, 6.07) is 0. The largest absolute Gasteiger partial charge is 0.481 e. The fourth-order valence-corrected chi connectivity index (χ4v) is 0.455. The fraction of sp³-hybridized carbons (Fsp3) is 0.125. The zero-order valence-electron chi connectivity index (χ0n) is 5.71. The van der Waals surface area contributed by atoms with Crippen molar-refractivity contribution in [3.63, 3.8) is 0 Å². The van der Waals surface area contributed by atoms with Gasteiger partial charge < -0.3 is 5.11 Å². The van der Waals surface area contributed by atoms with Crippen LogP contribution in [0.1, 0.15) is 6.42 Å². The third kappa shape index (κ3) is 3.66. The summed E-state index contributed by atoms with van der Waals surface area (Å²) in [6.07, 6.45) is 4.71. The molecule has 10 heavy (non-hydrogen) atoms. The van der Waals surface area contributed by atoms with E-state index < -0.39 is 5.97 Å². The Kier molecular flexibility index (Phi) is 3.96. The van der Waals surface area contributed by atoms with Gasteiger partial charge in [0.25, 0.3) is 0 Å². The van der Waals surface area contributed by atoms with Crippen LogP contribution in [0, 0.1) is 0 Å². The van der Waals surface area contributed by atoms with E-state index in [0.29, 0.717) is 0 Å². The first kappa shape index (κ1) is 8.69. The van der Waals surface area contributed by atoms with Gasteiger partial charge in [-0.05, 0) is 5.57 Å². The fourth-order valence-electron chi connectivity index (χ4n) is 0.455. The molecule has 54 valence electrons. The summed E-state index contributed by atoms with van der Waals surface area (Å²) in [6.45, 7) is 6.95. The average molecular weight is 138 g/mol. The highest BCUT2D eigenvalue weighted by Gasteiger charge is 1.90. The van der Waals surface area contributed by atoms with Crippen molar-refractivity contribution in [1.82, 2.24) is 0 Å². The summed E-state index contributed by atoms with van der Waals surface area (Å²) >= 11 is 0. The van der Waals surface area contributed by atoms with Gasteiger partial charge in [0, 0.05) is 0 Å². The van der Waals surface area contributed by atoms with Gasteiger partial charge in [0.2, 0.25) is 0 Å². The van der Waals surface area contributed by atoms with E-state index in [-0.39, 0.29) is 6.42 Å². The summed E-state index contributed by atoms with van der Waals surface area (Å²) in [5, 5.41) is 8.24. The molecule has 0 heterocycles. The minimum absolute atomic E-state index is 0.0212. The van der Waals surface area contributed by atoms with E-state index in [4.69, 9.17) is 5.11 Å². The molecule has 0 bridgehead atoms. The Morgan fingerprint density at radius 2 is 1.90 bits per heavy atom. The predicted molar refractivity (Wildman–Crippen MR) is 40.7 cm³/mol. The molecular formula is C8H10O2. The van der Waals surface area contributed by atoms with Gasteiger partial charge in [-0.25, -0.2) is 0 Å². The van der Waals surface area contributed by atoms with Gasteiger partial charge in [-0.15, -0.1) is 0 Å². The summed E-state index contributed by atoms with van der Waals surface area (Å²) in [4.78, 5) is 10.0. The Morgan fingerprint density at radius 1 is 1.40 bits per heavy atom. The highest BCUT2D eigenvalue weighted by atomic mass is 16.4. The number of allylic oxidation sites excluding steroid dienone is 3. The SMILES string of the molecule is C=CC(C=C)=CCC(=O)O. The molecular weight excluding hydrogens is 128 g/mol. The Labute approximate surface area is 60.2 Å². The molecule has 0 spiro atoms. The molecule has 0 aromatic carbocycles. The number of carboxylic acid groups (broad SMARTS) is 1. The van der Waals surface area contributed by atoms with Crippen molar-refractivity contribution in [1.29, 1.82) is 0 Å². The maximum Gasteiger partial charge on any atom is 0.307 e. The summed E-state index contributed by atoms with van der Waals surface area (Å²) in [5.74, 6) is -0.846. The average Bonchev–Trinajstić information content (AvgIpc) is 1.90. The Bertz CT molecular complexity index is 168. The van der Waals surface area contributed by atoms with E-state index in [9.17, 15) is 4.79 Å². The van der Waals surface area contributed by atoms with Crippen molar-refractivity contribution in [3.05, 3.63) is 37.0 Å². The maximum atomic E-state index is 10.0. The lowest BCUT2D eigenvalue weighted by Gasteiger charge is -1.88. The van der Waals surface area contributed by atoms with Crippen LogP contribution in [0.4, 0.5) is 0 Å². The van der Waals surface area contributed by atoms with Crippen molar-refractivity contribution < 1.29 is 9.90 Å². The second kappa shape index (κ2) is 4.56. The molecule has 0 saturated carbocycles. The Morgan fingerprint density at radius 3 is 2.20 bits per heavy atom. The van der Waals surface area contributed by atoms with Crippen LogP contribution < -0.4 is 0 Å². The molecule has 0 aliphatic carbocycles. The molecule has 0 aliphatic heterocycles. The molecule has 1 N–H and O–H groups in total. The highest BCUT2D eigenvalue weighted by molar-refractivity contribution is 5.69. The van der Waals surface area contributed by atoms with Crippen molar-refractivity contribution in [2.45, 2.75) is 6.42 Å². The lowest BCUT2D eigenvalue weighted by atomic mass is 10.2. The molecule has 0 atom stereocenters. The van der Waals surface area contributed by atoms with Crippen LogP contribution in [0.2, 0.25) is 0 Å². The first-order valence-electron chi connectivity index (χ1n) is 2.87. The third-order valence-corrected chi connectivity index (χ3v) is 0.984. The van der Waals surface area contributed by atoms with Crippen LogP contribution in [-0.4, -0.2) is 11.1 Å². The first-order valence-corrected chi connectivity index (χ1v) is 2.87. The van der Waals surface area contributed by atoms with Crippen molar-refractivity contribution in [2.75, 3.05) is 0 Å². The third-order valence-electron chi connectivity index (χ3n) is 0.984. The lowest BCUT2D eigenvalue weighted by molar-refractivity contribution is -0.136. The maximum absolute atomic E-state index is 10.0. The number of aliphatic carboxylic acids is 1. The zero-order valence-corrected chi connectivity index (χ0v) is 5.71. The monoisotopic (exact) mass is 138 g/mol. The predicted octanol–water partition coefficient (Wildman–Crippen LogP) is 1.76. The van der Waals surface area contributed by atoms with Gasteiger partial charge in [0.15, 0.2) is 0 Å². The molecule has 2 heteroatoms. The molecule has 0 rings (SSSR count). The molecule has 0 radical (unpaired) electrons. The summed E-state index contributed by atoms with van der Waals surface area (Å²) in [5.41, 5.74) is 0.752. The molecule has 0 aromatic heterocycles. The molecule has 0 fully saturated rings. The summed E-state index contributed by atoms with van der Waals surface area (Å²) < 4.78 is 0. The quantitative estimate of drug-likeness (QED) is 0.601. The summed E-state index contributed by atoms with van der Waals surface area (Å²) in [7, 11) is 0. The molecule has 0 aliphatic rings. The Balaban J connectivity index is 3.98. The van der Waals surface area contributed by atoms with Gasteiger partial charge in [-0.3, -0.25) is 4.79 Å². The topological polar surface area (TPSA) is 37.3 Å². The lowest BCUT2D eigenvalue weighted by Crippen LogP contribution is -1.90. The van der Waals surface area contributed by atoms with Crippen LogP contribution in [0.25, 0.3) is 0 Å². The number of carboxylic acids is 1. The number of hydrogen-bond acceptors (Lipinski definition) is 1. The zero-order chi connectivity index (χ0) is 7.98. The van der Waals surface area contributed by atoms with Crippen molar-refractivity contribution in [3.8, 4) is 0 Å². The van der Waals surface area contributed by atoms with Crippen LogP contribution in [0.3, 0.4) is 0 Å². The Hall–Kier alpha value is -1.31. The van der Waals surface area contributed by atoms with Gasteiger partial charge in [-0.2, -0.15) is 0 Å². The van der Waals surface area contributed by atoms with E-state index in [2.05, 4.69) is 13.2 Å². The van der Waals surface area contributed by atoms with Crippen LogP contribution in [-0.2, 0) is 4.79 Å². The van der Waals surface area contributed by atoms with E-state index in [1.165, 1.54) is 0 Å². The number of carbonyl (C=O) groups is 1. The second-order valence-corrected chi connectivity index (χ2v) is 1.71. The van der Waals surface area contributed by atoms with Crippen LogP contribution >= 0.6 is 0 Å². The van der Waals surface area contributed by atoms with Crippen LogP contribution in [0.15, 0.2) is 37.0 Å². The molecule has 0 unspecified atom stereocenters. The second-order valence-electron chi connectivity index (χ2n) is 1.71. The molecule has 2 nitrogen and oxygen atoms in total. The van der Waals surface area contributed by atoms with E-state index in [1.54, 1.807) is 18.2 Å². The molecule has 0 amide bonds. The van der Waals surface area contributed by atoms with E-state index in [0.717, 1.165) is 5.57 Å². The smallest absolute Gasteiger partial charge is 0.307 e. The van der Waals surface area contributed by atoms with Gasteiger partial charge in [0.1, 0.15) is 0 Å². The van der Waals surface area contributed by atoms with E-state index >= 15 is 0 Å². The first-order chi connectivity index (χ1) is 4.70. The van der Waals surface area contributed by atoms with E-state index in [1.807, 2.05) is 0 Å². The van der Waals surface area contributed by atoms with Gasteiger partial charge in [0.05, 0.1) is 6.42 Å². The normalized spacial score (nSPS) is 8.00. The minimum Gasteiger partial charge on any atom is -0.481 e. The molecule has 0 aromatic rings. The number of rotatable bonds is 4. The van der Waals surface area contributed by atoms with Gasteiger partial charge in [-0.1, -0.05) is 31.4 Å². The highest BCUT2D eigenvalue weighted by Crippen LogP contribution is 1.97. The molecule has 0 saturated heterocycles. The van der Waals surface area contributed by atoms with Crippen LogP contribution in [0.5, 0.6) is 0 Å². The number of hydrogen-bond donors (Lipinski definition) is 1. The minimum atomic E-state index is -0.846.